The molecular formula is C9H14N2O2. The quantitative estimate of drug-likeness (QED) is 0.590. The number of hydrogen-bond acceptors (Lipinski definition) is 3. The molecule has 0 atom stereocenters. The molecule has 0 fully saturated rings. The van der Waals surface area contributed by atoms with Gasteiger partial charge in [-0.1, -0.05) is 18.2 Å². The summed E-state index contributed by atoms with van der Waals surface area (Å²) >= 11 is 0. The number of carboxylic acids is 1. The van der Waals surface area contributed by atoms with Crippen LogP contribution in [0.5, 0.6) is 0 Å². The van der Waals surface area contributed by atoms with Crippen molar-refractivity contribution in [2.45, 2.75) is 0 Å². The van der Waals surface area contributed by atoms with Gasteiger partial charge in [0.15, 0.2) is 0 Å². The molecule has 0 aliphatic heterocycles. The molecule has 13 heavy (non-hydrogen) atoms. The minimum atomic E-state index is -0.879. The lowest BCUT2D eigenvalue weighted by Crippen LogP contribution is -2.21. The molecule has 4 heteroatoms. The predicted octanol–water partition coefficient (Wildman–Crippen LogP) is 0.725. The SMILES string of the molecule is CNNC.O=C(O)c1ccccc1. The van der Waals surface area contributed by atoms with Gasteiger partial charge in [0.1, 0.15) is 0 Å². The minimum Gasteiger partial charge on any atom is -0.478 e. The van der Waals surface area contributed by atoms with E-state index in [9.17, 15) is 4.79 Å². The molecule has 4 nitrogen and oxygen atoms in total. The van der Waals surface area contributed by atoms with E-state index in [0.29, 0.717) is 5.56 Å². The minimum absolute atomic E-state index is 0.331. The predicted molar refractivity (Wildman–Crippen MR) is 51.5 cm³/mol. The van der Waals surface area contributed by atoms with Crippen LogP contribution in [0.25, 0.3) is 0 Å². The Morgan fingerprint density at radius 3 is 1.85 bits per heavy atom. The summed E-state index contributed by atoms with van der Waals surface area (Å²) in [4.78, 5) is 10.2. The average Bonchev–Trinajstić information content (AvgIpc) is 2.19. The lowest BCUT2D eigenvalue weighted by atomic mass is 10.2. The van der Waals surface area contributed by atoms with E-state index in [1.165, 1.54) is 0 Å². The molecule has 0 bridgehead atoms. The van der Waals surface area contributed by atoms with Crippen LogP contribution in [0.1, 0.15) is 10.4 Å². The molecule has 0 radical (unpaired) electrons. The third-order valence-corrected chi connectivity index (χ3v) is 1.27. The van der Waals surface area contributed by atoms with Gasteiger partial charge >= 0.3 is 5.97 Å². The van der Waals surface area contributed by atoms with Crippen LogP contribution in [-0.2, 0) is 0 Å². The Morgan fingerprint density at radius 1 is 1.15 bits per heavy atom. The summed E-state index contributed by atoms with van der Waals surface area (Å²) in [5.41, 5.74) is 5.69. The first-order valence-electron chi connectivity index (χ1n) is 3.84. The van der Waals surface area contributed by atoms with Gasteiger partial charge in [0, 0.05) is 0 Å². The second kappa shape index (κ2) is 7.27. The molecule has 1 rings (SSSR count). The van der Waals surface area contributed by atoms with Gasteiger partial charge in [-0.05, 0) is 26.2 Å². The molecule has 0 spiro atoms. The first-order chi connectivity index (χ1) is 6.22. The standard InChI is InChI=1S/C7H6O2.C2H8N2/c8-7(9)6-4-2-1-3-5-6;1-3-4-2/h1-5H,(H,8,9);3-4H,1-2H3. The fourth-order valence-corrected chi connectivity index (χ4v) is 0.581. The van der Waals surface area contributed by atoms with Gasteiger partial charge < -0.3 is 5.11 Å². The van der Waals surface area contributed by atoms with Crippen LogP contribution in [0, 0.1) is 0 Å². The highest BCUT2D eigenvalue weighted by atomic mass is 16.4. The van der Waals surface area contributed by atoms with Gasteiger partial charge in [0.25, 0.3) is 0 Å². The fourth-order valence-electron chi connectivity index (χ4n) is 0.581. The molecule has 0 aliphatic rings. The smallest absolute Gasteiger partial charge is 0.335 e. The zero-order valence-electron chi connectivity index (χ0n) is 7.74. The second-order valence-electron chi connectivity index (χ2n) is 2.17. The van der Waals surface area contributed by atoms with Gasteiger partial charge in [-0.25, -0.2) is 4.79 Å². The molecule has 3 N–H and O–H groups in total. The van der Waals surface area contributed by atoms with E-state index in [1.807, 2.05) is 14.1 Å². The molecule has 0 unspecified atom stereocenters. The van der Waals surface area contributed by atoms with E-state index >= 15 is 0 Å². The van der Waals surface area contributed by atoms with Crippen molar-refractivity contribution in [2.75, 3.05) is 14.1 Å². The Hall–Kier alpha value is -1.39. The van der Waals surface area contributed by atoms with Gasteiger partial charge in [0.05, 0.1) is 5.56 Å². The maximum atomic E-state index is 10.2. The van der Waals surface area contributed by atoms with Crippen LogP contribution in [0.15, 0.2) is 30.3 Å². The fraction of sp³-hybridized carbons (Fsp3) is 0.222. The molecule has 0 saturated heterocycles. The van der Waals surface area contributed by atoms with Gasteiger partial charge in [-0.2, -0.15) is 0 Å². The van der Waals surface area contributed by atoms with Crippen molar-refractivity contribution >= 4 is 5.97 Å². The normalized spacial score (nSPS) is 8.46. The van der Waals surface area contributed by atoms with Crippen molar-refractivity contribution in [3.8, 4) is 0 Å². The number of benzene rings is 1. The van der Waals surface area contributed by atoms with Crippen molar-refractivity contribution < 1.29 is 9.90 Å². The van der Waals surface area contributed by atoms with E-state index in [2.05, 4.69) is 10.9 Å². The van der Waals surface area contributed by atoms with Crippen LogP contribution in [0.3, 0.4) is 0 Å². The number of hydrogen-bond donors (Lipinski definition) is 3. The summed E-state index contributed by atoms with van der Waals surface area (Å²) < 4.78 is 0. The zero-order valence-corrected chi connectivity index (χ0v) is 7.74. The number of carbonyl (C=O) groups is 1. The average molecular weight is 182 g/mol. The Bertz CT molecular complexity index is 235. The van der Waals surface area contributed by atoms with Gasteiger partial charge in [0.2, 0.25) is 0 Å². The molecule has 0 aromatic heterocycles. The Labute approximate surface area is 77.6 Å². The summed E-state index contributed by atoms with van der Waals surface area (Å²) in [6.45, 7) is 0. The lowest BCUT2D eigenvalue weighted by molar-refractivity contribution is 0.0697. The highest BCUT2D eigenvalue weighted by molar-refractivity contribution is 5.87. The summed E-state index contributed by atoms with van der Waals surface area (Å²) in [6.07, 6.45) is 0. The third-order valence-electron chi connectivity index (χ3n) is 1.27. The highest BCUT2D eigenvalue weighted by Crippen LogP contribution is 1.96. The molecule has 0 amide bonds. The number of rotatable bonds is 2. The van der Waals surface area contributed by atoms with Gasteiger partial charge in [-0.3, -0.25) is 10.9 Å². The molecule has 0 saturated carbocycles. The maximum Gasteiger partial charge on any atom is 0.335 e. The molecule has 1 aromatic rings. The van der Waals surface area contributed by atoms with Gasteiger partial charge in [-0.15, -0.1) is 0 Å². The molecule has 1 aromatic carbocycles. The lowest BCUT2D eigenvalue weighted by Gasteiger charge is -1.88. The topological polar surface area (TPSA) is 61.4 Å². The van der Waals surface area contributed by atoms with E-state index in [0.717, 1.165) is 0 Å². The van der Waals surface area contributed by atoms with Crippen molar-refractivity contribution in [2.24, 2.45) is 0 Å². The first kappa shape index (κ1) is 11.6. The summed E-state index contributed by atoms with van der Waals surface area (Å²) in [5.74, 6) is -0.879. The highest BCUT2D eigenvalue weighted by Gasteiger charge is 1.96. The summed E-state index contributed by atoms with van der Waals surface area (Å²) in [5, 5.41) is 8.38. The maximum absolute atomic E-state index is 10.2. The zero-order chi connectivity index (χ0) is 10.1. The number of carboxylic acid groups (broad SMARTS) is 1. The van der Waals surface area contributed by atoms with Crippen molar-refractivity contribution in [3.63, 3.8) is 0 Å². The van der Waals surface area contributed by atoms with Crippen LogP contribution in [0.2, 0.25) is 0 Å². The molecule has 0 heterocycles. The van der Waals surface area contributed by atoms with E-state index in [-0.39, 0.29) is 0 Å². The Morgan fingerprint density at radius 2 is 1.62 bits per heavy atom. The first-order valence-corrected chi connectivity index (χ1v) is 3.84. The molecule has 0 aliphatic carbocycles. The second-order valence-corrected chi connectivity index (χ2v) is 2.17. The van der Waals surface area contributed by atoms with Crippen molar-refractivity contribution in [1.82, 2.24) is 10.9 Å². The Kier molecular flexibility index (Phi) is 6.49. The largest absolute Gasteiger partial charge is 0.478 e. The Balaban J connectivity index is 0.000000310. The summed E-state index contributed by atoms with van der Waals surface area (Å²) in [6, 6.07) is 8.30. The van der Waals surface area contributed by atoms with E-state index < -0.39 is 5.97 Å². The monoisotopic (exact) mass is 182 g/mol. The molecular weight excluding hydrogens is 168 g/mol. The van der Waals surface area contributed by atoms with E-state index in [4.69, 9.17) is 5.11 Å². The van der Waals surface area contributed by atoms with Crippen LogP contribution < -0.4 is 10.9 Å². The van der Waals surface area contributed by atoms with Crippen LogP contribution in [-0.4, -0.2) is 25.2 Å². The number of nitrogens with one attached hydrogen (secondary N) is 2. The number of aromatic carboxylic acids is 1. The summed E-state index contributed by atoms with van der Waals surface area (Å²) in [7, 11) is 3.64. The number of hydrazine groups is 1. The van der Waals surface area contributed by atoms with Crippen LogP contribution in [0.4, 0.5) is 0 Å². The van der Waals surface area contributed by atoms with E-state index in [1.54, 1.807) is 30.3 Å². The third kappa shape index (κ3) is 5.84. The van der Waals surface area contributed by atoms with Crippen molar-refractivity contribution in [1.29, 1.82) is 0 Å². The van der Waals surface area contributed by atoms with Crippen molar-refractivity contribution in [3.05, 3.63) is 35.9 Å². The molecule has 72 valence electrons. The van der Waals surface area contributed by atoms with Crippen LogP contribution >= 0.6 is 0 Å².